The van der Waals surface area contributed by atoms with E-state index in [1.165, 1.54) is 18.2 Å². The molecule has 0 aromatic heterocycles. The van der Waals surface area contributed by atoms with E-state index in [0.29, 0.717) is 18.3 Å². The Balaban J connectivity index is 3.06. The Morgan fingerprint density at radius 3 is 2.83 bits per heavy atom. The van der Waals surface area contributed by atoms with E-state index >= 15 is 0 Å². The van der Waals surface area contributed by atoms with Crippen LogP contribution in [0.5, 0.6) is 11.5 Å². The first kappa shape index (κ1) is 8.26. The second-order valence-corrected chi connectivity index (χ2v) is 2.08. The van der Waals surface area contributed by atoms with Crippen molar-refractivity contribution in [3.8, 4) is 11.5 Å². The summed E-state index contributed by atoms with van der Waals surface area (Å²) in [4.78, 5) is 10.3. The van der Waals surface area contributed by atoms with Gasteiger partial charge in [0.2, 0.25) is 0 Å². The minimum atomic E-state index is -0.0934. The maximum absolute atomic E-state index is 10.3. The van der Waals surface area contributed by atoms with Crippen molar-refractivity contribution in [2.75, 3.05) is 0 Å². The molecule has 62 valence electrons. The summed E-state index contributed by atoms with van der Waals surface area (Å²) in [5, 5.41) is 15.7. The summed E-state index contributed by atoms with van der Waals surface area (Å²) < 4.78 is 4.61. The van der Waals surface area contributed by atoms with Crippen molar-refractivity contribution in [2.24, 2.45) is 0 Å². The van der Waals surface area contributed by atoms with Gasteiger partial charge in [0.05, 0.1) is 0 Å². The van der Waals surface area contributed by atoms with E-state index in [0.717, 1.165) is 0 Å². The molecule has 2 N–H and O–H groups in total. The maximum atomic E-state index is 10.3. The largest absolute Gasteiger partial charge is 0.504 e. The summed E-state index contributed by atoms with van der Waals surface area (Å²) >= 11 is 0. The smallest absolute Gasteiger partial charge is 0.174 e. The number of phenols is 1. The summed E-state index contributed by atoms with van der Waals surface area (Å²) in [7, 11) is 0. The number of aromatic hydroxyl groups is 1. The first-order valence-electron chi connectivity index (χ1n) is 3.21. The second kappa shape index (κ2) is 3.52. The fraction of sp³-hybridized carbons (Fsp3) is 0. The van der Waals surface area contributed by atoms with E-state index < -0.39 is 0 Å². The lowest BCUT2D eigenvalue weighted by Crippen LogP contribution is -1.89. The van der Waals surface area contributed by atoms with Crippen LogP contribution >= 0.6 is 0 Å². The highest BCUT2D eigenvalue weighted by molar-refractivity contribution is 5.76. The van der Waals surface area contributed by atoms with E-state index in [2.05, 4.69) is 4.74 Å². The monoisotopic (exact) mass is 165 g/mol. The molecule has 1 rings (SSSR count). The number of carbonyl (C=O) groups excluding carboxylic acids is 1. The summed E-state index contributed by atoms with van der Waals surface area (Å²) in [6.45, 7) is 0. The lowest BCUT2D eigenvalue weighted by Gasteiger charge is -2.01. The summed E-state index contributed by atoms with van der Waals surface area (Å²) in [6.07, 6.45) is 1.32. The minimum absolute atomic E-state index is 0.0934. The molecule has 4 nitrogen and oxygen atoms in total. The highest BCUT2D eigenvalue weighted by Crippen LogP contribution is 2.25. The maximum Gasteiger partial charge on any atom is 0.174 e. The predicted molar refractivity (Wildman–Crippen MR) is 42.9 cm³/mol. The van der Waals surface area contributed by atoms with Crippen molar-refractivity contribution in [2.45, 2.75) is 0 Å². The number of hydrogen-bond acceptors (Lipinski definition) is 4. The van der Waals surface area contributed by atoms with E-state index in [-0.39, 0.29) is 11.5 Å². The second-order valence-electron chi connectivity index (χ2n) is 2.08. The van der Waals surface area contributed by atoms with Gasteiger partial charge in [-0.3, -0.25) is 10.2 Å². The zero-order valence-corrected chi connectivity index (χ0v) is 6.15. The van der Waals surface area contributed by atoms with Crippen molar-refractivity contribution >= 4 is 12.7 Å². The molecule has 0 heterocycles. The average molecular weight is 165 g/mol. The first-order valence-corrected chi connectivity index (χ1v) is 3.21. The Morgan fingerprint density at radius 2 is 2.25 bits per heavy atom. The van der Waals surface area contributed by atoms with Gasteiger partial charge >= 0.3 is 0 Å². The van der Waals surface area contributed by atoms with Crippen LogP contribution in [-0.2, 0) is 0 Å². The van der Waals surface area contributed by atoms with Gasteiger partial charge in [0.1, 0.15) is 6.29 Å². The van der Waals surface area contributed by atoms with E-state index in [1.807, 2.05) is 0 Å². The molecule has 1 aromatic rings. The number of ether oxygens (including phenoxy) is 1. The van der Waals surface area contributed by atoms with Gasteiger partial charge in [-0.05, 0) is 18.2 Å². The molecule has 1 aromatic carbocycles. The van der Waals surface area contributed by atoms with Crippen LogP contribution < -0.4 is 4.74 Å². The topological polar surface area (TPSA) is 70.4 Å². The van der Waals surface area contributed by atoms with Crippen LogP contribution in [0.2, 0.25) is 0 Å². The van der Waals surface area contributed by atoms with E-state index in [9.17, 15) is 4.79 Å². The molecule has 0 aliphatic heterocycles. The molecule has 0 amide bonds. The van der Waals surface area contributed by atoms with Crippen molar-refractivity contribution in [3.63, 3.8) is 0 Å². The Bertz CT molecular complexity index is 309. The van der Waals surface area contributed by atoms with Crippen LogP contribution in [0.4, 0.5) is 0 Å². The van der Waals surface area contributed by atoms with Gasteiger partial charge in [-0.2, -0.15) is 0 Å². The Morgan fingerprint density at radius 1 is 1.50 bits per heavy atom. The van der Waals surface area contributed by atoms with Crippen molar-refractivity contribution < 1.29 is 14.6 Å². The molecule has 0 saturated carbocycles. The number of aldehydes is 1. The van der Waals surface area contributed by atoms with Gasteiger partial charge in [0, 0.05) is 5.56 Å². The molecule has 0 spiro atoms. The molecule has 0 fully saturated rings. The third-order valence-electron chi connectivity index (χ3n) is 1.31. The Labute approximate surface area is 68.9 Å². The summed E-state index contributed by atoms with van der Waals surface area (Å²) in [5.74, 6) is 0.0127. The van der Waals surface area contributed by atoms with Crippen LogP contribution in [0.15, 0.2) is 18.2 Å². The lowest BCUT2D eigenvalue weighted by molar-refractivity contribution is 0.112. The van der Waals surface area contributed by atoms with Crippen LogP contribution in [0.3, 0.4) is 0 Å². The molecular weight excluding hydrogens is 158 g/mol. The number of benzene rings is 1. The zero-order valence-electron chi connectivity index (χ0n) is 6.15. The number of hydrogen-bond donors (Lipinski definition) is 2. The van der Waals surface area contributed by atoms with Crippen LogP contribution in [0.25, 0.3) is 0 Å². The van der Waals surface area contributed by atoms with Gasteiger partial charge in [-0.15, -0.1) is 0 Å². The molecule has 0 atom stereocenters. The highest BCUT2D eigenvalue weighted by Gasteiger charge is 2.01. The SMILES string of the molecule is N=COc1cc(C=O)ccc1O. The van der Waals surface area contributed by atoms with Gasteiger partial charge < -0.3 is 9.84 Å². The molecule has 0 aliphatic carbocycles. The van der Waals surface area contributed by atoms with Crippen molar-refractivity contribution in [3.05, 3.63) is 23.8 Å². The van der Waals surface area contributed by atoms with Crippen LogP contribution in [0.1, 0.15) is 10.4 Å². The summed E-state index contributed by atoms with van der Waals surface area (Å²) in [5.41, 5.74) is 0.393. The van der Waals surface area contributed by atoms with Crippen molar-refractivity contribution in [1.29, 1.82) is 5.41 Å². The molecule has 0 aliphatic rings. The molecule has 4 heteroatoms. The standard InChI is InChI=1S/C8H7NO3/c9-5-12-8-3-6(4-10)1-2-7(8)11/h1-5,9,11H. The van der Waals surface area contributed by atoms with Gasteiger partial charge in [0.25, 0.3) is 0 Å². The lowest BCUT2D eigenvalue weighted by atomic mass is 10.2. The Hall–Kier alpha value is -1.84. The number of nitrogens with one attached hydrogen (secondary N) is 1. The molecule has 0 saturated heterocycles. The van der Waals surface area contributed by atoms with E-state index in [1.54, 1.807) is 0 Å². The normalized spacial score (nSPS) is 9.00. The first-order chi connectivity index (χ1) is 5.77. The molecule has 12 heavy (non-hydrogen) atoms. The van der Waals surface area contributed by atoms with Gasteiger partial charge in [-0.1, -0.05) is 0 Å². The number of rotatable bonds is 3. The van der Waals surface area contributed by atoms with E-state index in [4.69, 9.17) is 10.5 Å². The zero-order chi connectivity index (χ0) is 8.97. The fourth-order valence-electron chi connectivity index (χ4n) is 0.762. The van der Waals surface area contributed by atoms with Crippen LogP contribution in [0, 0.1) is 5.41 Å². The minimum Gasteiger partial charge on any atom is -0.504 e. The Kier molecular flexibility index (Phi) is 2.42. The highest BCUT2D eigenvalue weighted by atomic mass is 16.5. The summed E-state index contributed by atoms with van der Waals surface area (Å²) in [6, 6.07) is 4.15. The van der Waals surface area contributed by atoms with Crippen LogP contribution in [-0.4, -0.2) is 17.8 Å². The van der Waals surface area contributed by atoms with Crippen molar-refractivity contribution in [1.82, 2.24) is 0 Å². The average Bonchev–Trinajstić information content (AvgIpc) is 2.09. The predicted octanol–water partition coefficient (Wildman–Crippen LogP) is 1.19. The molecule has 0 bridgehead atoms. The molecule has 0 unspecified atom stereocenters. The fourth-order valence-corrected chi connectivity index (χ4v) is 0.762. The third-order valence-corrected chi connectivity index (χ3v) is 1.31. The van der Waals surface area contributed by atoms with Gasteiger partial charge in [-0.25, -0.2) is 0 Å². The molecular formula is C8H7NO3. The van der Waals surface area contributed by atoms with Gasteiger partial charge in [0.15, 0.2) is 17.9 Å². The quantitative estimate of drug-likeness (QED) is 0.401. The number of phenolic OH excluding ortho intramolecular Hbond substituents is 1. The third kappa shape index (κ3) is 1.60. The number of carbonyl (C=O) groups is 1. The molecule has 0 radical (unpaired) electrons.